The fourth-order valence-corrected chi connectivity index (χ4v) is 11.6. The first-order chi connectivity index (χ1) is 38.5. The summed E-state index contributed by atoms with van der Waals surface area (Å²) in [6, 6.07) is 58.6. The maximum Gasteiger partial charge on any atom is 1.00 e. The minimum absolute atomic E-state index is 0. The Balaban J connectivity index is 0.00000440. The molecule has 14 nitrogen and oxygen atoms in total. The molecule has 0 aliphatic carbocycles. The van der Waals surface area contributed by atoms with Crippen molar-refractivity contribution < 1.29 is 113 Å². The fraction of sp³-hybridized carbons (Fsp3) is 0.111. The van der Waals surface area contributed by atoms with Gasteiger partial charge in [-0.2, -0.15) is 6.07 Å². The van der Waals surface area contributed by atoms with E-state index in [1.54, 1.807) is 98.4 Å². The largest absolute Gasteiger partial charge is 1.00 e. The van der Waals surface area contributed by atoms with Gasteiger partial charge in [-0.3, -0.25) is 9.97 Å². The molecule has 1 atom stereocenters. The van der Waals surface area contributed by atoms with Crippen molar-refractivity contribution in [3.8, 4) is 57.4 Å². The molecule has 0 spiro atoms. The Bertz CT molecular complexity index is 4100. The molecule has 10 aromatic rings. The van der Waals surface area contributed by atoms with Crippen molar-refractivity contribution in [2.45, 2.75) is 57.0 Å². The normalized spacial score (nSPS) is 11.8. The molecule has 0 aliphatic heterocycles. The van der Waals surface area contributed by atoms with Crippen LogP contribution in [0.5, 0.6) is 46.0 Å². The Morgan fingerprint density at radius 3 is 1.43 bits per heavy atom. The Hall–Kier alpha value is -6.87. The van der Waals surface area contributed by atoms with Gasteiger partial charge in [0.15, 0.2) is 0 Å². The summed E-state index contributed by atoms with van der Waals surface area (Å²) < 4.78 is 110. The van der Waals surface area contributed by atoms with E-state index in [-0.39, 0.29) is 93.3 Å². The van der Waals surface area contributed by atoms with Gasteiger partial charge >= 0.3 is 59.1 Å². The van der Waals surface area contributed by atoms with Crippen molar-refractivity contribution in [2.24, 2.45) is 0 Å². The maximum absolute atomic E-state index is 13.6. The number of ether oxygens (including phenoxy) is 6. The maximum atomic E-state index is 13.6. The van der Waals surface area contributed by atoms with Crippen LogP contribution in [0.2, 0.25) is 0 Å². The Kier molecular flexibility index (Phi) is 19.8. The number of pyridine rings is 2. The van der Waals surface area contributed by atoms with Crippen LogP contribution in [0.4, 0.5) is 0 Å². The summed E-state index contributed by atoms with van der Waals surface area (Å²) >= 11 is 0. The first-order valence-electron chi connectivity index (χ1n) is 24.9. The number of sulfone groups is 1. The summed E-state index contributed by atoms with van der Waals surface area (Å²) in [7, 11) is -7.14. The van der Waals surface area contributed by atoms with Crippen molar-refractivity contribution in [1.82, 2.24) is 9.97 Å². The zero-order chi connectivity index (χ0) is 56.0. The standard InChI is InChI=1S/C63H51N2O12S3.2Na/c1-63(2,46-6-11-48(72-3)12-7-46)47-8-13-51(14-9-47)76-53-21-29-58(30-22-53)79(67,68)57-27-19-50(20-28-57)75-41-43-32-34-65-60(36-43)59-35-42(31-33-64-59)40-74-49-15-23-55(24-16-49)78(66)56-25-17-52(18-26-56)77-54-10-5-44-39-62(80(69,70)71)61(73-4)38-45(44)37-54;;/h5-9,11-39H,40-41H2,1-4H3,(H,69,70,71);;/q-1;2*+1/p-1. The van der Waals surface area contributed by atoms with Gasteiger partial charge in [-0.05, 0) is 174 Å². The van der Waals surface area contributed by atoms with Gasteiger partial charge in [-0.1, -0.05) is 44.2 Å². The molecule has 0 saturated carbocycles. The van der Waals surface area contributed by atoms with E-state index in [2.05, 4.69) is 42.0 Å². The molecule has 10 rings (SSSR count). The molecule has 0 aliphatic rings. The quantitative estimate of drug-likeness (QED) is 0.0427. The molecule has 0 N–H and O–H groups in total. The van der Waals surface area contributed by atoms with Gasteiger partial charge in [0.1, 0.15) is 63.6 Å². The predicted molar refractivity (Wildman–Crippen MR) is 301 cm³/mol. The number of fused-ring (bicyclic) bond motifs is 1. The van der Waals surface area contributed by atoms with Crippen molar-refractivity contribution in [1.29, 1.82) is 0 Å². The molecule has 1 unspecified atom stereocenters. The molecule has 0 saturated heterocycles. The predicted octanol–water partition coefficient (Wildman–Crippen LogP) is 7.09. The summed E-state index contributed by atoms with van der Waals surface area (Å²) in [5.74, 6) is 3.74. The van der Waals surface area contributed by atoms with Crippen LogP contribution in [0.25, 0.3) is 22.2 Å². The third-order valence-corrected chi connectivity index (χ3v) is 17.3. The number of methoxy groups -OCH3 is 2. The molecule has 0 amide bonds. The van der Waals surface area contributed by atoms with Crippen molar-refractivity contribution in [3.63, 3.8) is 0 Å². The molecule has 404 valence electrons. The zero-order valence-electron chi connectivity index (χ0n) is 45.6. The second-order valence-electron chi connectivity index (χ2n) is 18.8. The molecule has 0 fully saturated rings. The molecule has 19 heteroatoms. The minimum Gasteiger partial charge on any atom is -0.744 e. The van der Waals surface area contributed by atoms with E-state index in [1.807, 2.05) is 60.7 Å². The number of hydrogen-bond donors (Lipinski definition) is 0. The van der Waals surface area contributed by atoms with Crippen LogP contribution in [0.3, 0.4) is 0 Å². The number of rotatable bonds is 20. The fourth-order valence-electron chi connectivity index (χ4n) is 8.67. The van der Waals surface area contributed by atoms with Gasteiger partial charge < -0.3 is 33.0 Å². The van der Waals surface area contributed by atoms with E-state index in [1.165, 1.54) is 49.6 Å². The molecular weight excluding hydrogens is 1120 g/mol. The first-order valence-corrected chi connectivity index (χ1v) is 28.9. The summed E-state index contributed by atoms with van der Waals surface area (Å²) in [4.78, 5) is 10.0. The SMILES string of the molecule is COc1ccc(C(C)(C)c2ccc(Oc3ccc(S(=O)(=O)c4ccc(OCc5ccnc(-c6cc(COc7ccc(S(=O)c8ccc(Oc9[c-]cc%10cc(S(=O)(=O)[O-])c(OC)cc%10c9)cc8)cc7)ccn6)c5)cc4)cc3)cc2)cc1.[Na+].[Na+]. The summed E-state index contributed by atoms with van der Waals surface area (Å²) in [6.07, 6.45) is 3.36. The van der Waals surface area contributed by atoms with Crippen molar-refractivity contribution in [3.05, 3.63) is 235 Å². The van der Waals surface area contributed by atoms with E-state index < -0.39 is 35.7 Å². The molecule has 0 radical (unpaired) electrons. The van der Waals surface area contributed by atoms with Crippen LogP contribution in [0, 0.1) is 6.07 Å². The smallest absolute Gasteiger partial charge is 0.744 e. The number of benzene rings is 8. The average molecular weight is 1170 g/mol. The second-order valence-corrected chi connectivity index (χ2v) is 23.6. The van der Waals surface area contributed by atoms with Gasteiger partial charge in [0, 0.05) is 33.3 Å². The van der Waals surface area contributed by atoms with E-state index >= 15 is 0 Å². The van der Waals surface area contributed by atoms with Gasteiger partial charge in [-0.15, -0.1) is 22.9 Å². The second kappa shape index (κ2) is 26.6. The van der Waals surface area contributed by atoms with E-state index in [4.69, 9.17) is 28.4 Å². The Morgan fingerprint density at radius 2 is 0.951 bits per heavy atom. The van der Waals surface area contributed by atoms with E-state index in [0.717, 1.165) is 28.0 Å². The first kappa shape index (κ1) is 61.2. The van der Waals surface area contributed by atoms with Gasteiger partial charge in [-0.25, -0.2) is 21.0 Å². The monoisotopic (exact) mass is 1170 g/mol. The number of nitrogens with zero attached hydrogens (tertiary/aromatic N) is 2. The molecule has 8 aromatic carbocycles. The number of hydrogen-bond acceptors (Lipinski definition) is 14. The Labute approximate surface area is 523 Å². The van der Waals surface area contributed by atoms with Crippen molar-refractivity contribution >= 4 is 41.5 Å². The summed E-state index contributed by atoms with van der Waals surface area (Å²) in [5, 5.41) is 1.05. The summed E-state index contributed by atoms with van der Waals surface area (Å²) in [6.45, 7) is 4.76. The molecule has 82 heavy (non-hydrogen) atoms. The van der Waals surface area contributed by atoms with Gasteiger partial charge in [0.25, 0.3) is 0 Å². The topological polar surface area (TPSA) is 190 Å². The van der Waals surface area contributed by atoms with Gasteiger partial charge in [0.05, 0.1) is 51.1 Å². The van der Waals surface area contributed by atoms with E-state index in [9.17, 15) is 25.6 Å². The van der Waals surface area contributed by atoms with Gasteiger partial charge in [0.2, 0.25) is 9.84 Å². The van der Waals surface area contributed by atoms with Crippen molar-refractivity contribution in [2.75, 3.05) is 14.2 Å². The molecule has 2 aromatic heterocycles. The van der Waals surface area contributed by atoms with E-state index in [0.29, 0.717) is 66.4 Å². The van der Waals surface area contributed by atoms with Crippen LogP contribution in [0.15, 0.2) is 231 Å². The molecule has 0 bridgehead atoms. The third kappa shape index (κ3) is 14.5. The summed E-state index contributed by atoms with van der Waals surface area (Å²) in [5.41, 5.74) is 4.96. The average Bonchev–Trinajstić information content (AvgIpc) is 3.60. The number of aromatic nitrogens is 2. The van der Waals surface area contributed by atoms with Crippen LogP contribution < -0.4 is 87.5 Å². The molecule has 2 heterocycles. The van der Waals surface area contributed by atoms with Crippen LogP contribution in [-0.4, -0.2) is 49.8 Å². The van der Waals surface area contributed by atoms with Crippen LogP contribution in [0.1, 0.15) is 36.1 Å². The van der Waals surface area contributed by atoms with Crippen LogP contribution >= 0.6 is 0 Å². The minimum atomic E-state index is -4.75. The third-order valence-electron chi connectivity index (χ3n) is 13.2. The van der Waals surface area contributed by atoms with Crippen LogP contribution in [-0.2, 0) is 49.4 Å². The zero-order valence-corrected chi connectivity index (χ0v) is 52.0. The molecular formula is C63H50N2Na2O12S3. The Morgan fingerprint density at radius 1 is 0.512 bits per heavy atom.